The van der Waals surface area contributed by atoms with E-state index in [1.165, 1.54) is 13.2 Å². The number of hydrogen-bond donors (Lipinski definition) is 1. The van der Waals surface area contributed by atoms with Crippen molar-refractivity contribution in [2.24, 2.45) is 16.8 Å². The van der Waals surface area contributed by atoms with Gasteiger partial charge in [0.2, 0.25) is 0 Å². The SMILES string of the molecule is COc1cc2c(cc1N1CCOCC1)CC(CC1=NCC(C(O)(C(F)(F)F)C(F)(F)F)C=C1C(F)(F)F)C2=O. The van der Waals surface area contributed by atoms with Crippen LogP contribution in [-0.4, -0.2) is 80.7 Å². The summed E-state index contributed by atoms with van der Waals surface area (Å²) in [6.45, 7) is 0.562. The van der Waals surface area contributed by atoms with E-state index in [0.717, 1.165) is 0 Å². The van der Waals surface area contributed by atoms with Crippen LogP contribution in [0.5, 0.6) is 5.75 Å². The maximum Gasteiger partial charge on any atom is 0.426 e. The number of halogens is 9. The molecule has 2 heterocycles. The Balaban J connectivity index is 1.63. The number of methoxy groups -OCH3 is 1. The molecule has 3 aliphatic rings. The molecule has 1 aromatic carbocycles. The van der Waals surface area contributed by atoms with E-state index in [4.69, 9.17) is 9.47 Å². The van der Waals surface area contributed by atoms with Crippen molar-refractivity contribution in [3.05, 3.63) is 34.9 Å². The lowest BCUT2D eigenvalue weighted by molar-refractivity contribution is -0.379. The smallest absolute Gasteiger partial charge is 0.426 e. The number of carbonyl (C=O) groups excluding carboxylic acids is 1. The number of aliphatic hydroxyl groups is 1. The topological polar surface area (TPSA) is 71.4 Å². The number of nitrogens with zero attached hydrogens (tertiary/aromatic N) is 2. The summed E-state index contributed by atoms with van der Waals surface area (Å²) < 4.78 is 132. The zero-order chi connectivity index (χ0) is 29.0. The molecule has 1 aromatic rings. The van der Waals surface area contributed by atoms with Gasteiger partial charge in [-0.05, 0) is 24.1 Å². The lowest BCUT2D eigenvalue weighted by Crippen LogP contribution is -2.62. The summed E-state index contributed by atoms with van der Waals surface area (Å²) in [5.41, 5.74) is -6.78. The van der Waals surface area contributed by atoms with E-state index in [-0.39, 0.29) is 18.1 Å². The first-order chi connectivity index (χ1) is 18.0. The molecule has 39 heavy (non-hydrogen) atoms. The van der Waals surface area contributed by atoms with Crippen molar-refractivity contribution in [2.75, 3.05) is 44.9 Å². The fourth-order valence-electron chi connectivity index (χ4n) is 5.11. The average molecular weight is 574 g/mol. The average Bonchev–Trinajstić information content (AvgIpc) is 3.15. The highest BCUT2D eigenvalue weighted by Gasteiger charge is 2.73. The number of Topliss-reactive ketones (excluding diaryl/α,β-unsaturated/α-hetero) is 1. The number of benzene rings is 1. The molecule has 0 radical (unpaired) electrons. The van der Waals surface area contributed by atoms with E-state index < -0.39 is 66.0 Å². The van der Waals surface area contributed by atoms with Crippen LogP contribution in [0.3, 0.4) is 0 Å². The Bertz CT molecular complexity index is 1170. The molecule has 15 heteroatoms. The predicted molar refractivity (Wildman–Crippen MR) is 119 cm³/mol. The molecule has 0 spiro atoms. The standard InChI is InChI=1S/C24H23F9N2O4/c1-38-19-10-15-12(8-18(19)35-2-4-39-5-3-35)6-13(20(15)36)7-17-16(22(25,26)27)9-14(11-34-17)21(37,23(28,29)30)24(31,32)33/h8-10,13-14,37H,2-7,11H2,1H3. The van der Waals surface area contributed by atoms with Gasteiger partial charge in [0.1, 0.15) is 5.75 Å². The molecule has 0 amide bonds. The van der Waals surface area contributed by atoms with Crippen LogP contribution in [0.15, 0.2) is 28.8 Å². The highest BCUT2D eigenvalue weighted by molar-refractivity contribution is 6.09. The number of rotatable bonds is 5. The first kappa shape index (κ1) is 29.2. The Kier molecular flexibility index (Phi) is 7.47. The molecular weight excluding hydrogens is 551 g/mol. The minimum absolute atomic E-state index is 0.0157. The highest BCUT2D eigenvalue weighted by atomic mass is 19.4. The normalized spacial score (nSPS) is 22.9. The first-order valence-electron chi connectivity index (χ1n) is 11.8. The number of ether oxygens (including phenoxy) is 2. The second-order valence-corrected chi connectivity index (χ2v) is 9.48. The van der Waals surface area contributed by atoms with Crippen molar-refractivity contribution in [3.63, 3.8) is 0 Å². The number of fused-ring (bicyclic) bond motifs is 1. The van der Waals surface area contributed by atoms with Crippen LogP contribution in [0, 0.1) is 11.8 Å². The largest absolute Gasteiger partial charge is 0.495 e. The first-order valence-corrected chi connectivity index (χ1v) is 11.8. The van der Waals surface area contributed by atoms with Crippen molar-refractivity contribution in [2.45, 2.75) is 37.0 Å². The number of aliphatic imine (C=N–C) groups is 1. The molecule has 1 saturated heterocycles. The highest BCUT2D eigenvalue weighted by Crippen LogP contribution is 2.50. The number of hydrogen-bond acceptors (Lipinski definition) is 6. The predicted octanol–water partition coefficient (Wildman–Crippen LogP) is 4.69. The lowest BCUT2D eigenvalue weighted by Gasteiger charge is -2.38. The summed E-state index contributed by atoms with van der Waals surface area (Å²) in [5, 5.41) is 9.60. The van der Waals surface area contributed by atoms with Crippen molar-refractivity contribution >= 4 is 17.2 Å². The number of morpholine rings is 1. The molecule has 0 saturated carbocycles. The molecule has 6 nitrogen and oxygen atoms in total. The number of ketones is 1. The van der Waals surface area contributed by atoms with E-state index in [9.17, 15) is 49.4 Å². The van der Waals surface area contributed by atoms with E-state index in [1.807, 2.05) is 4.90 Å². The number of anilines is 1. The quantitative estimate of drug-likeness (QED) is 0.517. The summed E-state index contributed by atoms with van der Waals surface area (Å²) >= 11 is 0. The summed E-state index contributed by atoms with van der Waals surface area (Å²) in [6.07, 6.45) is -19.0. The van der Waals surface area contributed by atoms with Gasteiger partial charge in [-0.25, -0.2) is 0 Å². The monoisotopic (exact) mass is 574 g/mol. The second kappa shape index (κ2) is 9.98. The van der Waals surface area contributed by atoms with Gasteiger partial charge in [-0.2, -0.15) is 39.5 Å². The fourth-order valence-corrected chi connectivity index (χ4v) is 5.11. The zero-order valence-electron chi connectivity index (χ0n) is 20.3. The van der Waals surface area contributed by atoms with Gasteiger partial charge in [0.15, 0.2) is 5.78 Å². The van der Waals surface area contributed by atoms with Crippen molar-refractivity contribution in [1.29, 1.82) is 0 Å². The van der Waals surface area contributed by atoms with Crippen LogP contribution in [0.4, 0.5) is 45.2 Å². The second-order valence-electron chi connectivity index (χ2n) is 9.48. The van der Waals surface area contributed by atoms with Crippen LogP contribution < -0.4 is 9.64 Å². The van der Waals surface area contributed by atoms with Crippen LogP contribution in [0.2, 0.25) is 0 Å². The Morgan fingerprint density at radius 2 is 1.67 bits per heavy atom. The minimum Gasteiger partial charge on any atom is -0.495 e. The van der Waals surface area contributed by atoms with Gasteiger partial charge in [0.05, 0.1) is 31.6 Å². The Labute approximate surface area is 216 Å². The Morgan fingerprint density at radius 3 is 2.21 bits per heavy atom. The molecule has 2 aliphatic heterocycles. The number of dihydropyridines is 1. The van der Waals surface area contributed by atoms with Gasteiger partial charge in [-0.3, -0.25) is 9.79 Å². The van der Waals surface area contributed by atoms with E-state index in [1.54, 1.807) is 6.07 Å². The van der Waals surface area contributed by atoms with Crippen LogP contribution in [0.25, 0.3) is 0 Å². The number of carbonyl (C=O) groups is 1. The van der Waals surface area contributed by atoms with Crippen molar-refractivity contribution in [3.8, 4) is 5.75 Å². The number of alkyl halides is 9. The van der Waals surface area contributed by atoms with Crippen molar-refractivity contribution < 1.29 is 58.9 Å². The molecule has 1 fully saturated rings. The zero-order valence-corrected chi connectivity index (χ0v) is 20.3. The van der Waals surface area contributed by atoms with Crippen LogP contribution in [-0.2, 0) is 11.2 Å². The van der Waals surface area contributed by atoms with E-state index in [2.05, 4.69) is 4.99 Å². The molecule has 1 aliphatic carbocycles. The van der Waals surface area contributed by atoms with E-state index in [0.29, 0.717) is 43.3 Å². The molecule has 216 valence electrons. The Hall–Kier alpha value is -2.81. The molecule has 1 N–H and O–H groups in total. The summed E-state index contributed by atoms with van der Waals surface area (Å²) in [5.74, 6) is -4.35. The van der Waals surface area contributed by atoms with Gasteiger partial charge < -0.3 is 19.5 Å². The van der Waals surface area contributed by atoms with Gasteiger partial charge in [-0.1, -0.05) is 6.08 Å². The van der Waals surface area contributed by atoms with Crippen molar-refractivity contribution in [1.82, 2.24) is 0 Å². The van der Waals surface area contributed by atoms with Gasteiger partial charge in [0, 0.05) is 49.2 Å². The summed E-state index contributed by atoms with van der Waals surface area (Å²) in [6, 6.07) is 3.15. The van der Waals surface area contributed by atoms with Crippen LogP contribution >= 0.6 is 0 Å². The fraction of sp³-hybridized carbons (Fsp3) is 0.583. The third kappa shape index (κ3) is 5.22. The molecular formula is C24H23F9N2O4. The molecule has 4 rings (SSSR count). The van der Waals surface area contributed by atoms with Gasteiger partial charge >= 0.3 is 18.5 Å². The molecule has 2 atom stereocenters. The maximum atomic E-state index is 13.8. The molecule has 2 unspecified atom stereocenters. The Morgan fingerprint density at radius 1 is 1.05 bits per heavy atom. The summed E-state index contributed by atoms with van der Waals surface area (Å²) in [4.78, 5) is 18.5. The maximum absolute atomic E-state index is 13.8. The van der Waals surface area contributed by atoms with Gasteiger partial charge in [0.25, 0.3) is 5.60 Å². The van der Waals surface area contributed by atoms with E-state index >= 15 is 0 Å². The minimum atomic E-state index is -6.32. The number of allylic oxidation sites excluding steroid dienone is 1. The molecule has 0 aromatic heterocycles. The third-order valence-corrected chi connectivity index (χ3v) is 7.16. The third-order valence-electron chi connectivity index (χ3n) is 7.16. The lowest BCUT2D eigenvalue weighted by atomic mass is 9.81. The van der Waals surface area contributed by atoms with Gasteiger partial charge in [-0.15, -0.1) is 0 Å². The summed E-state index contributed by atoms with van der Waals surface area (Å²) in [7, 11) is 1.39. The molecule has 0 bridgehead atoms. The van der Waals surface area contributed by atoms with Crippen LogP contribution in [0.1, 0.15) is 22.3 Å².